The molecule has 1 atom stereocenters. The van der Waals surface area contributed by atoms with Crippen molar-refractivity contribution in [3.8, 4) is 11.5 Å². The van der Waals surface area contributed by atoms with Crippen molar-refractivity contribution in [1.29, 1.82) is 0 Å². The summed E-state index contributed by atoms with van der Waals surface area (Å²) in [4.78, 5) is 17.0. The van der Waals surface area contributed by atoms with Crippen molar-refractivity contribution in [3.05, 3.63) is 60.2 Å². The third-order valence-electron chi connectivity index (χ3n) is 7.81. The molecule has 9 nitrogen and oxygen atoms in total. The van der Waals surface area contributed by atoms with E-state index in [4.69, 9.17) is 31.7 Å². The lowest BCUT2D eigenvalue weighted by atomic mass is 10.0. The molecule has 10 heteroatoms. The van der Waals surface area contributed by atoms with Gasteiger partial charge in [-0.1, -0.05) is 24.3 Å². The maximum Gasteiger partial charge on any atom is 0.232 e. The van der Waals surface area contributed by atoms with Gasteiger partial charge in [-0.25, -0.2) is 0 Å². The van der Waals surface area contributed by atoms with Crippen molar-refractivity contribution in [1.82, 2.24) is 15.3 Å². The molecule has 1 aromatic heterocycles. The highest BCUT2D eigenvalue weighted by Crippen LogP contribution is 2.31. The predicted octanol–water partition coefficient (Wildman–Crippen LogP) is 4.44. The maximum absolute atomic E-state index is 5.71. The van der Waals surface area contributed by atoms with Gasteiger partial charge in [-0.3, -0.25) is 0 Å². The zero-order valence-electron chi connectivity index (χ0n) is 23.0. The van der Waals surface area contributed by atoms with Crippen molar-refractivity contribution in [2.75, 3.05) is 66.0 Å². The number of aromatic nitrogens is 2. The summed E-state index contributed by atoms with van der Waals surface area (Å²) < 4.78 is 11.3. The third kappa shape index (κ3) is 6.17. The minimum absolute atomic E-state index is 0.444. The molecule has 0 saturated carbocycles. The van der Waals surface area contributed by atoms with E-state index in [0.717, 1.165) is 61.4 Å². The fourth-order valence-corrected chi connectivity index (χ4v) is 5.75. The smallest absolute Gasteiger partial charge is 0.232 e. The van der Waals surface area contributed by atoms with Crippen molar-refractivity contribution in [2.45, 2.75) is 38.8 Å². The average Bonchev–Trinajstić information content (AvgIpc) is 3.00. The van der Waals surface area contributed by atoms with Crippen molar-refractivity contribution < 1.29 is 9.47 Å². The third-order valence-corrected chi connectivity index (χ3v) is 8.05. The van der Waals surface area contributed by atoms with Crippen LogP contribution in [0.5, 0.6) is 11.5 Å². The summed E-state index contributed by atoms with van der Waals surface area (Å²) in [6, 6.07) is 19.2. The number of hydrogen-bond donors (Lipinski definition) is 2. The van der Waals surface area contributed by atoms with Gasteiger partial charge in [0, 0.05) is 57.1 Å². The van der Waals surface area contributed by atoms with Gasteiger partial charge in [-0.05, 0) is 68.2 Å². The number of piperidine rings is 1. The van der Waals surface area contributed by atoms with Crippen LogP contribution >= 0.6 is 12.2 Å². The van der Waals surface area contributed by atoms with E-state index in [1.165, 1.54) is 24.9 Å². The summed E-state index contributed by atoms with van der Waals surface area (Å²) in [6.45, 7) is 8.68. The molecular formula is C30H37N7O2S. The normalized spacial score (nSPS) is 18.8. The number of benzene rings is 2. The minimum atomic E-state index is 0.444. The first-order chi connectivity index (χ1) is 19.6. The Morgan fingerprint density at radius 2 is 1.62 bits per heavy atom. The number of nitrogens with zero attached hydrogens (tertiary/aromatic N) is 5. The molecule has 2 fully saturated rings. The number of anilines is 4. The van der Waals surface area contributed by atoms with Crippen LogP contribution in [0, 0.1) is 0 Å². The summed E-state index contributed by atoms with van der Waals surface area (Å²) in [5.74, 6) is 3.97. The van der Waals surface area contributed by atoms with Crippen molar-refractivity contribution in [3.63, 3.8) is 0 Å². The summed E-state index contributed by atoms with van der Waals surface area (Å²) in [6.07, 6.45) is 3.61. The molecule has 0 amide bonds. The SMILES string of the molecule is C[C@@H]1CCCCN1c1cc(N2CCN(c3ccccc3)CC2)nc(NC(=S)NCc2ccc3c(c2)OCCO3)n1. The zero-order chi connectivity index (χ0) is 27.3. The average molecular weight is 560 g/mol. The Bertz CT molecular complexity index is 1320. The Kier molecular flexibility index (Phi) is 8.04. The number of ether oxygens (including phenoxy) is 2. The lowest BCUT2D eigenvalue weighted by Crippen LogP contribution is -2.47. The van der Waals surface area contributed by atoms with Gasteiger partial charge < -0.3 is 34.8 Å². The molecule has 6 rings (SSSR count). The molecule has 3 aliphatic heterocycles. The number of rotatable bonds is 6. The van der Waals surface area contributed by atoms with Gasteiger partial charge in [0.05, 0.1) is 0 Å². The predicted molar refractivity (Wildman–Crippen MR) is 164 cm³/mol. The molecule has 40 heavy (non-hydrogen) atoms. The zero-order valence-corrected chi connectivity index (χ0v) is 23.8. The van der Waals surface area contributed by atoms with Crippen LogP contribution in [0.15, 0.2) is 54.6 Å². The minimum Gasteiger partial charge on any atom is -0.486 e. The van der Waals surface area contributed by atoms with E-state index in [1.54, 1.807) is 0 Å². The summed E-state index contributed by atoms with van der Waals surface area (Å²) in [5.41, 5.74) is 2.33. The molecular weight excluding hydrogens is 522 g/mol. The van der Waals surface area contributed by atoms with Crippen LogP contribution in [-0.2, 0) is 6.54 Å². The van der Waals surface area contributed by atoms with Crippen LogP contribution in [0.2, 0.25) is 0 Å². The van der Waals surface area contributed by atoms with Gasteiger partial charge in [0.2, 0.25) is 5.95 Å². The van der Waals surface area contributed by atoms with E-state index in [2.05, 4.69) is 68.7 Å². The molecule has 2 N–H and O–H groups in total. The fourth-order valence-electron chi connectivity index (χ4n) is 5.58. The number of piperazine rings is 1. The van der Waals surface area contributed by atoms with Crippen LogP contribution < -0.4 is 34.8 Å². The lowest BCUT2D eigenvalue weighted by molar-refractivity contribution is 0.171. The number of thiocarbonyl (C=S) groups is 1. The number of para-hydroxylation sites is 1. The Hall–Kier alpha value is -3.79. The van der Waals surface area contributed by atoms with Gasteiger partial charge in [0.1, 0.15) is 24.8 Å². The van der Waals surface area contributed by atoms with Gasteiger partial charge in [-0.15, -0.1) is 0 Å². The standard InChI is InChI=1S/C30H37N7O2S/c1-22-7-5-6-12-37(22)28-20-27(36-15-13-35(14-16-36)24-8-3-2-4-9-24)32-29(33-28)34-30(40)31-21-23-10-11-25-26(19-23)39-18-17-38-25/h2-4,8-11,19-20,22H,5-7,12-18,21H2,1H3,(H2,31,32,33,34,40)/t22-/m1/s1. The Labute approximate surface area is 241 Å². The molecule has 4 heterocycles. The molecule has 0 spiro atoms. The number of fused-ring (bicyclic) bond motifs is 1. The van der Waals surface area contributed by atoms with Gasteiger partial charge in [-0.2, -0.15) is 9.97 Å². The van der Waals surface area contributed by atoms with Crippen LogP contribution in [-0.4, -0.2) is 67.1 Å². The molecule has 0 aliphatic carbocycles. The lowest BCUT2D eigenvalue weighted by Gasteiger charge is -2.38. The Morgan fingerprint density at radius 3 is 2.42 bits per heavy atom. The molecule has 3 aromatic rings. The van der Waals surface area contributed by atoms with Gasteiger partial charge in [0.15, 0.2) is 16.6 Å². The molecule has 2 saturated heterocycles. The molecule has 210 valence electrons. The van der Waals surface area contributed by atoms with Crippen molar-refractivity contribution in [2.24, 2.45) is 0 Å². The Balaban J connectivity index is 1.16. The first-order valence-corrected chi connectivity index (χ1v) is 14.7. The summed E-state index contributed by atoms with van der Waals surface area (Å²) >= 11 is 5.66. The van der Waals surface area contributed by atoms with E-state index >= 15 is 0 Å². The first kappa shape index (κ1) is 26.4. The number of nitrogens with one attached hydrogen (secondary N) is 2. The van der Waals surface area contributed by atoms with E-state index < -0.39 is 0 Å². The summed E-state index contributed by atoms with van der Waals surface area (Å²) in [7, 11) is 0. The van der Waals surface area contributed by atoms with Crippen LogP contribution in [0.3, 0.4) is 0 Å². The molecule has 3 aliphatic rings. The second-order valence-electron chi connectivity index (χ2n) is 10.5. The summed E-state index contributed by atoms with van der Waals surface area (Å²) in [5, 5.41) is 7.04. The molecule has 0 unspecified atom stereocenters. The van der Waals surface area contributed by atoms with E-state index in [1.807, 2.05) is 18.2 Å². The topological polar surface area (TPSA) is 78.0 Å². The van der Waals surface area contributed by atoms with Gasteiger partial charge in [0.25, 0.3) is 0 Å². The molecule has 0 bridgehead atoms. The van der Waals surface area contributed by atoms with Crippen LogP contribution in [0.25, 0.3) is 0 Å². The quantitative estimate of drug-likeness (QED) is 0.423. The first-order valence-electron chi connectivity index (χ1n) is 14.3. The maximum atomic E-state index is 5.71. The highest BCUT2D eigenvalue weighted by atomic mass is 32.1. The van der Waals surface area contributed by atoms with Crippen molar-refractivity contribution >= 4 is 40.6 Å². The highest BCUT2D eigenvalue weighted by molar-refractivity contribution is 7.80. The van der Waals surface area contributed by atoms with Crippen LogP contribution in [0.1, 0.15) is 31.7 Å². The van der Waals surface area contributed by atoms with Crippen LogP contribution in [0.4, 0.5) is 23.3 Å². The second-order valence-corrected chi connectivity index (χ2v) is 10.9. The second kappa shape index (κ2) is 12.2. The van der Waals surface area contributed by atoms with E-state index in [0.29, 0.717) is 36.9 Å². The largest absolute Gasteiger partial charge is 0.486 e. The fraction of sp³-hybridized carbons (Fsp3) is 0.433. The van der Waals surface area contributed by atoms with Gasteiger partial charge >= 0.3 is 0 Å². The monoisotopic (exact) mass is 559 g/mol. The molecule has 2 aromatic carbocycles. The number of hydrogen-bond acceptors (Lipinski definition) is 8. The molecule has 0 radical (unpaired) electrons. The van der Waals surface area contributed by atoms with E-state index in [-0.39, 0.29) is 0 Å². The highest BCUT2D eigenvalue weighted by Gasteiger charge is 2.24. The Morgan fingerprint density at radius 1 is 0.875 bits per heavy atom. The van der Waals surface area contributed by atoms with E-state index in [9.17, 15) is 0 Å².